The van der Waals surface area contributed by atoms with Crippen molar-refractivity contribution in [3.8, 4) is 0 Å². The maximum Gasteiger partial charge on any atom is 0.123 e. The fraction of sp³-hybridized carbons (Fsp3) is 0.600. The zero-order valence-electron chi connectivity index (χ0n) is 12.3. The van der Waals surface area contributed by atoms with Gasteiger partial charge in [0.05, 0.1) is 11.6 Å². The van der Waals surface area contributed by atoms with Crippen LogP contribution >= 0.6 is 0 Å². The van der Waals surface area contributed by atoms with Gasteiger partial charge in [0.1, 0.15) is 5.82 Å². The first-order valence-corrected chi connectivity index (χ1v) is 6.79. The highest BCUT2D eigenvalue weighted by molar-refractivity contribution is 5.28. The molecule has 0 spiro atoms. The van der Waals surface area contributed by atoms with Gasteiger partial charge in [-0.3, -0.25) is 11.3 Å². The maximum absolute atomic E-state index is 13.4. The van der Waals surface area contributed by atoms with E-state index in [0.29, 0.717) is 6.42 Å². The molecule has 4 heteroatoms. The number of benzene rings is 1. The van der Waals surface area contributed by atoms with Gasteiger partial charge < -0.3 is 4.74 Å². The first kappa shape index (κ1) is 16.1. The van der Waals surface area contributed by atoms with E-state index in [9.17, 15) is 4.39 Å². The minimum Gasteiger partial charge on any atom is -0.377 e. The molecule has 0 radical (unpaired) electrons. The zero-order chi connectivity index (χ0) is 14.5. The highest BCUT2D eigenvalue weighted by Crippen LogP contribution is 2.27. The van der Waals surface area contributed by atoms with Crippen LogP contribution < -0.4 is 11.3 Å². The average molecular weight is 268 g/mol. The van der Waals surface area contributed by atoms with E-state index < -0.39 is 0 Å². The van der Waals surface area contributed by atoms with Crippen LogP contribution in [-0.2, 0) is 11.2 Å². The number of methoxy groups -OCH3 is 1. The van der Waals surface area contributed by atoms with E-state index in [0.717, 1.165) is 24.0 Å². The SMILES string of the molecule is CCC(CC)(OC)C(Cc1cc(F)ccc1C)NN. The van der Waals surface area contributed by atoms with Gasteiger partial charge in [0.15, 0.2) is 0 Å². The standard InChI is InChI=1S/C15H25FN2O/c1-5-15(6-2,19-4)14(18-17)10-12-9-13(16)8-7-11(12)3/h7-9,14,18H,5-6,10,17H2,1-4H3. The van der Waals surface area contributed by atoms with E-state index in [1.54, 1.807) is 19.2 Å². The molecule has 3 N–H and O–H groups in total. The van der Waals surface area contributed by atoms with E-state index in [-0.39, 0.29) is 17.5 Å². The van der Waals surface area contributed by atoms with Gasteiger partial charge >= 0.3 is 0 Å². The smallest absolute Gasteiger partial charge is 0.123 e. The van der Waals surface area contributed by atoms with Gasteiger partial charge in [-0.1, -0.05) is 19.9 Å². The second-order valence-electron chi connectivity index (χ2n) is 4.97. The molecule has 0 saturated heterocycles. The van der Waals surface area contributed by atoms with Crippen LogP contribution in [0.2, 0.25) is 0 Å². The van der Waals surface area contributed by atoms with Gasteiger partial charge in [-0.2, -0.15) is 0 Å². The Morgan fingerprint density at radius 3 is 2.47 bits per heavy atom. The molecule has 108 valence electrons. The topological polar surface area (TPSA) is 47.3 Å². The van der Waals surface area contributed by atoms with Crippen LogP contribution in [-0.4, -0.2) is 18.8 Å². The molecule has 1 atom stereocenters. The molecule has 0 aliphatic rings. The summed E-state index contributed by atoms with van der Waals surface area (Å²) in [5, 5.41) is 0. The Morgan fingerprint density at radius 2 is 2.00 bits per heavy atom. The molecular weight excluding hydrogens is 243 g/mol. The Bertz CT molecular complexity index is 397. The Labute approximate surface area is 115 Å². The summed E-state index contributed by atoms with van der Waals surface area (Å²) < 4.78 is 19.1. The molecule has 1 aromatic carbocycles. The molecule has 0 aliphatic heterocycles. The minimum atomic E-state index is -0.326. The van der Waals surface area contributed by atoms with Crippen LogP contribution in [0.4, 0.5) is 4.39 Å². The molecule has 0 heterocycles. The Balaban J connectivity index is 3.01. The van der Waals surface area contributed by atoms with Crippen LogP contribution in [0.3, 0.4) is 0 Å². The van der Waals surface area contributed by atoms with E-state index in [4.69, 9.17) is 10.6 Å². The summed E-state index contributed by atoms with van der Waals surface area (Å²) in [6, 6.07) is 4.80. The molecule has 0 amide bonds. The highest BCUT2D eigenvalue weighted by atomic mass is 19.1. The molecule has 0 bridgehead atoms. The van der Waals surface area contributed by atoms with Crippen LogP contribution in [0.15, 0.2) is 18.2 Å². The van der Waals surface area contributed by atoms with E-state index >= 15 is 0 Å². The second-order valence-corrected chi connectivity index (χ2v) is 4.97. The summed E-state index contributed by atoms with van der Waals surface area (Å²) in [6.07, 6.45) is 2.35. The molecule has 0 saturated carbocycles. The monoisotopic (exact) mass is 268 g/mol. The number of nitrogens with one attached hydrogen (secondary N) is 1. The minimum absolute atomic E-state index is 0.0481. The number of rotatable bonds is 7. The molecular formula is C15H25FN2O. The number of nitrogens with two attached hydrogens (primary N) is 1. The van der Waals surface area contributed by atoms with Crippen molar-refractivity contribution in [3.63, 3.8) is 0 Å². The van der Waals surface area contributed by atoms with Gasteiger partial charge in [-0.05, 0) is 49.4 Å². The summed E-state index contributed by atoms with van der Waals surface area (Å²) in [7, 11) is 1.70. The molecule has 1 unspecified atom stereocenters. The lowest BCUT2D eigenvalue weighted by molar-refractivity contribution is -0.0473. The van der Waals surface area contributed by atoms with Crippen LogP contribution in [0.1, 0.15) is 37.8 Å². The third kappa shape index (κ3) is 3.53. The van der Waals surface area contributed by atoms with E-state index in [1.807, 2.05) is 6.92 Å². The molecule has 3 nitrogen and oxygen atoms in total. The lowest BCUT2D eigenvalue weighted by Crippen LogP contribution is -2.55. The van der Waals surface area contributed by atoms with Gasteiger partial charge in [0.25, 0.3) is 0 Å². The van der Waals surface area contributed by atoms with E-state index in [2.05, 4.69) is 19.3 Å². The molecule has 1 aromatic rings. The van der Waals surface area contributed by atoms with Crippen molar-refractivity contribution >= 4 is 0 Å². The molecule has 0 fully saturated rings. The number of hydrogen-bond acceptors (Lipinski definition) is 3. The van der Waals surface area contributed by atoms with Crippen molar-refractivity contribution in [1.29, 1.82) is 0 Å². The average Bonchev–Trinajstić information content (AvgIpc) is 2.43. The largest absolute Gasteiger partial charge is 0.377 e. The van der Waals surface area contributed by atoms with Crippen molar-refractivity contribution in [3.05, 3.63) is 35.1 Å². The predicted molar refractivity (Wildman–Crippen MR) is 76.3 cm³/mol. The maximum atomic E-state index is 13.4. The van der Waals surface area contributed by atoms with Crippen molar-refractivity contribution in [2.75, 3.05) is 7.11 Å². The molecule has 0 aliphatic carbocycles. The zero-order valence-corrected chi connectivity index (χ0v) is 12.3. The Hall–Kier alpha value is -0.970. The number of aryl methyl sites for hydroxylation is 1. The number of hydrazine groups is 1. The van der Waals surface area contributed by atoms with Crippen molar-refractivity contribution in [2.24, 2.45) is 5.84 Å². The molecule has 0 aromatic heterocycles. The predicted octanol–water partition coefficient (Wildman–Crippen LogP) is 2.71. The summed E-state index contributed by atoms with van der Waals surface area (Å²) in [4.78, 5) is 0. The van der Waals surface area contributed by atoms with Crippen LogP contribution in [0, 0.1) is 12.7 Å². The van der Waals surface area contributed by atoms with Crippen molar-refractivity contribution in [1.82, 2.24) is 5.43 Å². The van der Waals surface area contributed by atoms with Crippen molar-refractivity contribution < 1.29 is 9.13 Å². The third-order valence-electron chi connectivity index (χ3n) is 4.17. The normalized spacial score (nSPS) is 13.6. The number of hydrogen-bond donors (Lipinski definition) is 2. The lowest BCUT2D eigenvalue weighted by atomic mass is 9.84. The van der Waals surface area contributed by atoms with E-state index in [1.165, 1.54) is 6.07 Å². The van der Waals surface area contributed by atoms with Crippen LogP contribution in [0.5, 0.6) is 0 Å². The third-order valence-corrected chi connectivity index (χ3v) is 4.17. The van der Waals surface area contributed by atoms with Gasteiger partial charge in [-0.25, -0.2) is 4.39 Å². The first-order chi connectivity index (χ1) is 9.02. The van der Waals surface area contributed by atoms with Crippen LogP contribution in [0.25, 0.3) is 0 Å². The number of halogens is 1. The lowest BCUT2D eigenvalue weighted by Gasteiger charge is -2.38. The summed E-state index contributed by atoms with van der Waals surface area (Å²) in [5.41, 5.74) is 4.55. The Morgan fingerprint density at radius 1 is 1.37 bits per heavy atom. The second kappa shape index (κ2) is 6.98. The quantitative estimate of drug-likeness (QED) is 0.590. The van der Waals surface area contributed by atoms with Crippen molar-refractivity contribution in [2.45, 2.75) is 51.7 Å². The summed E-state index contributed by atoms with van der Waals surface area (Å²) in [6.45, 7) is 6.14. The summed E-state index contributed by atoms with van der Waals surface area (Å²) >= 11 is 0. The fourth-order valence-electron chi connectivity index (χ4n) is 2.65. The fourth-order valence-corrected chi connectivity index (χ4v) is 2.65. The first-order valence-electron chi connectivity index (χ1n) is 6.79. The van der Waals surface area contributed by atoms with Gasteiger partial charge in [0.2, 0.25) is 0 Å². The van der Waals surface area contributed by atoms with Gasteiger partial charge in [0, 0.05) is 7.11 Å². The Kier molecular flexibility index (Phi) is 5.91. The molecule has 19 heavy (non-hydrogen) atoms. The highest BCUT2D eigenvalue weighted by Gasteiger charge is 2.35. The number of ether oxygens (including phenoxy) is 1. The van der Waals surface area contributed by atoms with Gasteiger partial charge in [-0.15, -0.1) is 0 Å². The summed E-state index contributed by atoms with van der Waals surface area (Å²) in [5.74, 6) is 5.48. The molecule has 1 rings (SSSR count).